The molecule has 0 radical (unpaired) electrons. The first-order valence-corrected chi connectivity index (χ1v) is 5.84. The van der Waals surface area contributed by atoms with Gasteiger partial charge in [0.05, 0.1) is 0 Å². The Bertz CT molecular complexity index is 163. The second-order valence-electron chi connectivity index (χ2n) is 3.56. The molecule has 14 heavy (non-hydrogen) atoms. The molecular formula is C14H24. The van der Waals surface area contributed by atoms with E-state index in [1.54, 1.807) is 0 Å². The van der Waals surface area contributed by atoms with Crippen LogP contribution in [0.3, 0.4) is 0 Å². The summed E-state index contributed by atoms with van der Waals surface area (Å²) >= 11 is 0. The topological polar surface area (TPSA) is 0 Å². The highest BCUT2D eigenvalue weighted by molar-refractivity contribution is 4.98. The molecule has 80 valence electrons. The van der Waals surface area contributed by atoms with E-state index in [0.717, 1.165) is 12.8 Å². The Balaban J connectivity index is 3.11. The smallest absolute Gasteiger partial charge is 0.0313 e. The quantitative estimate of drug-likeness (QED) is 0.273. The van der Waals surface area contributed by atoms with Crippen molar-refractivity contribution in [1.82, 2.24) is 0 Å². The average Bonchev–Trinajstić information content (AvgIpc) is 2.21. The average molecular weight is 192 g/mol. The maximum Gasteiger partial charge on any atom is -0.0313 e. The van der Waals surface area contributed by atoms with Crippen LogP contribution in [-0.4, -0.2) is 0 Å². The number of hydrogen-bond donors (Lipinski definition) is 0. The van der Waals surface area contributed by atoms with Gasteiger partial charge >= 0.3 is 0 Å². The first kappa shape index (κ1) is 13.2. The first-order valence-electron chi connectivity index (χ1n) is 5.84. The zero-order chi connectivity index (χ0) is 10.5. The van der Waals surface area contributed by atoms with Crippen molar-refractivity contribution in [3.05, 3.63) is 37.0 Å². The molecule has 0 heteroatoms. The van der Waals surface area contributed by atoms with Crippen LogP contribution >= 0.6 is 0 Å². The lowest BCUT2D eigenvalue weighted by Gasteiger charge is -1.93. The molecule has 0 aromatic heterocycles. The molecule has 0 N–H and O–H groups in total. The Morgan fingerprint density at radius 3 is 2.29 bits per heavy atom. The SMILES string of the molecule is C=CC=CCCC=CCCCCCC. The molecule has 0 spiro atoms. The van der Waals surface area contributed by atoms with Gasteiger partial charge in [-0.25, -0.2) is 0 Å². The van der Waals surface area contributed by atoms with E-state index in [1.165, 1.54) is 32.1 Å². The fourth-order valence-corrected chi connectivity index (χ4v) is 1.31. The summed E-state index contributed by atoms with van der Waals surface area (Å²) in [5.41, 5.74) is 0. The van der Waals surface area contributed by atoms with Crippen LogP contribution in [0.25, 0.3) is 0 Å². The molecule has 0 saturated carbocycles. The lowest BCUT2D eigenvalue weighted by Crippen LogP contribution is -1.73. The normalized spacial score (nSPS) is 11.5. The van der Waals surface area contributed by atoms with Crippen LogP contribution in [0.1, 0.15) is 51.9 Å². The van der Waals surface area contributed by atoms with Crippen LogP contribution in [0.4, 0.5) is 0 Å². The summed E-state index contributed by atoms with van der Waals surface area (Å²) in [7, 11) is 0. The molecule has 0 rings (SSSR count). The number of unbranched alkanes of at least 4 members (excludes halogenated alkanes) is 5. The molecule has 0 aliphatic carbocycles. The van der Waals surface area contributed by atoms with E-state index in [4.69, 9.17) is 0 Å². The fraction of sp³-hybridized carbons (Fsp3) is 0.571. The van der Waals surface area contributed by atoms with Crippen LogP contribution in [-0.2, 0) is 0 Å². The van der Waals surface area contributed by atoms with Gasteiger partial charge in [0.25, 0.3) is 0 Å². The summed E-state index contributed by atoms with van der Waals surface area (Å²) in [6.07, 6.45) is 19.6. The van der Waals surface area contributed by atoms with Gasteiger partial charge in [-0.3, -0.25) is 0 Å². The highest BCUT2D eigenvalue weighted by Crippen LogP contribution is 2.03. The van der Waals surface area contributed by atoms with Gasteiger partial charge in [0, 0.05) is 0 Å². The maximum absolute atomic E-state index is 3.63. The molecule has 0 aromatic rings. The summed E-state index contributed by atoms with van der Waals surface area (Å²) in [6.45, 7) is 5.88. The maximum atomic E-state index is 3.63. The summed E-state index contributed by atoms with van der Waals surface area (Å²) in [5.74, 6) is 0. The number of rotatable bonds is 9. The zero-order valence-electron chi connectivity index (χ0n) is 9.54. The third-order valence-electron chi connectivity index (χ3n) is 2.16. The van der Waals surface area contributed by atoms with Gasteiger partial charge in [-0.2, -0.15) is 0 Å². The minimum absolute atomic E-state index is 1.14. The molecule has 0 unspecified atom stereocenters. The van der Waals surface area contributed by atoms with Crippen molar-refractivity contribution in [2.75, 3.05) is 0 Å². The Kier molecular flexibility index (Phi) is 11.5. The highest BCUT2D eigenvalue weighted by atomic mass is 13.9. The molecular weight excluding hydrogens is 168 g/mol. The van der Waals surface area contributed by atoms with Gasteiger partial charge in [0.2, 0.25) is 0 Å². The highest BCUT2D eigenvalue weighted by Gasteiger charge is 1.83. The zero-order valence-corrected chi connectivity index (χ0v) is 9.54. The lowest BCUT2D eigenvalue weighted by molar-refractivity contribution is 0.674. The molecule has 0 amide bonds. The Hall–Kier alpha value is -0.780. The summed E-state index contributed by atoms with van der Waals surface area (Å²) in [4.78, 5) is 0. The summed E-state index contributed by atoms with van der Waals surface area (Å²) in [5, 5.41) is 0. The molecule has 0 atom stereocenters. The molecule has 0 bridgehead atoms. The van der Waals surface area contributed by atoms with Crippen molar-refractivity contribution in [2.45, 2.75) is 51.9 Å². The lowest BCUT2D eigenvalue weighted by atomic mass is 10.1. The minimum atomic E-state index is 1.14. The van der Waals surface area contributed by atoms with E-state index in [1.807, 2.05) is 12.2 Å². The number of hydrogen-bond acceptors (Lipinski definition) is 0. The van der Waals surface area contributed by atoms with Crippen LogP contribution < -0.4 is 0 Å². The van der Waals surface area contributed by atoms with Gasteiger partial charge in [0.15, 0.2) is 0 Å². The van der Waals surface area contributed by atoms with Crippen LogP contribution in [0.15, 0.2) is 37.0 Å². The van der Waals surface area contributed by atoms with Crippen molar-refractivity contribution in [3.63, 3.8) is 0 Å². The molecule has 0 heterocycles. The Morgan fingerprint density at radius 1 is 0.857 bits per heavy atom. The Labute approximate surface area is 89.4 Å². The molecule has 0 fully saturated rings. The van der Waals surface area contributed by atoms with Gasteiger partial charge < -0.3 is 0 Å². The second kappa shape index (κ2) is 12.2. The van der Waals surface area contributed by atoms with Crippen molar-refractivity contribution < 1.29 is 0 Å². The van der Waals surface area contributed by atoms with E-state index in [9.17, 15) is 0 Å². The third kappa shape index (κ3) is 11.2. The minimum Gasteiger partial charge on any atom is -0.0991 e. The standard InChI is InChI=1S/C14H24/c1-3-5-7-9-11-13-14-12-10-8-6-4-2/h3,5,7,13-14H,1,4,6,8-12H2,2H3. The van der Waals surface area contributed by atoms with Crippen molar-refractivity contribution in [1.29, 1.82) is 0 Å². The van der Waals surface area contributed by atoms with E-state index in [0.29, 0.717) is 0 Å². The van der Waals surface area contributed by atoms with E-state index in [-0.39, 0.29) is 0 Å². The third-order valence-corrected chi connectivity index (χ3v) is 2.16. The van der Waals surface area contributed by atoms with Gasteiger partial charge in [0.1, 0.15) is 0 Å². The molecule has 0 aromatic carbocycles. The van der Waals surface area contributed by atoms with Crippen molar-refractivity contribution in [2.24, 2.45) is 0 Å². The van der Waals surface area contributed by atoms with Crippen LogP contribution in [0, 0.1) is 0 Å². The van der Waals surface area contributed by atoms with Crippen LogP contribution in [0.2, 0.25) is 0 Å². The van der Waals surface area contributed by atoms with Crippen molar-refractivity contribution in [3.8, 4) is 0 Å². The number of allylic oxidation sites excluding steroid dienone is 5. The summed E-state index contributed by atoms with van der Waals surface area (Å²) < 4.78 is 0. The molecule has 0 saturated heterocycles. The fourth-order valence-electron chi connectivity index (χ4n) is 1.31. The largest absolute Gasteiger partial charge is 0.0991 e. The molecule has 0 nitrogen and oxygen atoms in total. The summed E-state index contributed by atoms with van der Waals surface area (Å²) in [6, 6.07) is 0. The molecule has 0 aliphatic heterocycles. The van der Waals surface area contributed by atoms with E-state index >= 15 is 0 Å². The monoisotopic (exact) mass is 192 g/mol. The van der Waals surface area contributed by atoms with E-state index in [2.05, 4.69) is 31.7 Å². The van der Waals surface area contributed by atoms with Gasteiger partial charge in [-0.15, -0.1) is 0 Å². The Morgan fingerprint density at radius 2 is 1.57 bits per heavy atom. The van der Waals surface area contributed by atoms with E-state index < -0.39 is 0 Å². The predicted molar refractivity (Wildman–Crippen MR) is 66.5 cm³/mol. The van der Waals surface area contributed by atoms with Crippen LogP contribution in [0.5, 0.6) is 0 Å². The second-order valence-corrected chi connectivity index (χ2v) is 3.56. The van der Waals surface area contributed by atoms with Crippen molar-refractivity contribution >= 4 is 0 Å². The van der Waals surface area contributed by atoms with Gasteiger partial charge in [-0.1, -0.05) is 63.1 Å². The molecule has 0 aliphatic rings. The predicted octanol–water partition coefficient (Wildman–Crippen LogP) is 5.04. The van der Waals surface area contributed by atoms with Gasteiger partial charge in [-0.05, 0) is 25.7 Å². The first-order chi connectivity index (χ1) is 6.91.